The minimum Gasteiger partial charge on any atom is -0.298 e. The maximum atomic E-state index is 12.4. The highest BCUT2D eigenvalue weighted by molar-refractivity contribution is 7.89. The van der Waals surface area contributed by atoms with Gasteiger partial charge in [-0.05, 0) is 43.2 Å². The fraction of sp³-hybridized carbons (Fsp3) is 0.176. The third kappa shape index (κ3) is 3.55. The number of anilines is 1. The van der Waals surface area contributed by atoms with Crippen molar-refractivity contribution in [3.05, 3.63) is 54.1 Å². The molecule has 4 rings (SSSR count). The van der Waals surface area contributed by atoms with Crippen molar-refractivity contribution in [2.75, 3.05) is 5.32 Å². The van der Waals surface area contributed by atoms with Gasteiger partial charge in [-0.1, -0.05) is 29.5 Å². The van der Waals surface area contributed by atoms with Gasteiger partial charge in [0, 0.05) is 11.6 Å². The summed E-state index contributed by atoms with van der Waals surface area (Å²) in [6.45, 7) is 0. The van der Waals surface area contributed by atoms with Crippen LogP contribution in [0.5, 0.6) is 0 Å². The summed E-state index contributed by atoms with van der Waals surface area (Å²) < 4.78 is 28.1. The number of hydrogen-bond acceptors (Lipinski definition) is 5. The highest BCUT2D eigenvalue weighted by Crippen LogP contribution is 2.26. The number of nitrogens with one attached hydrogen (secondary N) is 2. The zero-order chi connectivity index (χ0) is 17.4. The molecule has 25 heavy (non-hydrogen) atoms. The van der Waals surface area contributed by atoms with Gasteiger partial charge < -0.3 is 0 Å². The fourth-order valence-corrected chi connectivity index (χ4v) is 4.60. The van der Waals surface area contributed by atoms with Gasteiger partial charge in [0.25, 0.3) is 5.91 Å². The second-order valence-corrected chi connectivity index (χ2v) is 8.61. The van der Waals surface area contributed by atoms with Crippen molar-refractivity contribution in [2.45, 2.75) is 23.8 Å². The maximum absolute atomic E-state index is 12.4. The molecule has 0 saturated heterocycles. The van der Waals surface area contributed by atoms with Crippen molar-refractivity contribution in [1.29, 1.82) is 0 Å². The topological polar surface area (TPSA) is 88.2 Å². The van der Waals surface area contributed by atoms with E-state index in [1.54, 1.807) is 12.1 Å². The molecule has 1 aromatic heterocycles. The number of hydrogen-bond donors (Lipinski definition) is 2. The van der Waals surface area contributed by atoms with E-state index < -0.39 is 10.0 Å². The first-order chi connectivity index (χ1) is 12.0. The van der Waals surface area contributed by atoms with Crippen LogP contribution in [-0.4, -0.2) is 25.4 Å². The van der Waals surface area contributed by atoms with Crippen LogP contribution in [0.3, 0.4) is 0 Å². The zero-order valence-electron chi connectivity index (χ0n) is 13.1. The van der Waals surface area contributed by atoms with Crippen LogP contribution < -0.4 is 10.0 Å². The van der Waals surface area contributed by atoms with Crippen LogP contribution in [0.4, 0.5) is 5.13 Å². The monoisotopic (exact) mass is 373 g/mol. The Balaban J connectivity index is 1.56. The molecule has 1 saturated carbocycles. The summed E-state index contributed by atoms with van der Waals surface area (Å²) in [7, 11) is -3.59. The molecule has 1 heterocycles. The first-order valence-corrected chi connectivity index (χ1v) is 10.1. The Morgan fingerprint density at radius 1 is 1.12 bits per heavy atom. The van der Waals surface area contributed by atoms with Crippen molar-refractivity contribution >= 4 is 42.6 Å². The van der Waals surface area contributed by atoms with Gasteiger partial charge in [0.1, 0.15) is 0 Å². The van der Waals surface area contributed by atoms with Gasteiger partial charge in [-0.2, -0.15) is 0 Å². The van der Waals surface area contributed by atoms with E-state index in [1.807, 2.05) is 24.3 Å². The second kappa shape index (κ2) is 6.21. The highest BCUT2D eigenvalue weighted by atomic mass is 32.2. The zero-order valence-corrected chi connectivity index (χ0v) is 14.7. The van der Waals surface area contributed by atoms with Crippen LogP contribution in [-0.2, 0) is 10.0 Å². The van der Waals surface area contributed by atoms with Crippen LogP contribution in [0, 0.1) is 0 Å². The lowest BCUT2D eigenvalue weighted by Crippen LogP contribution is -2.26. The first-order valence-electron chi connectivity index (χ1n) is 7.81. The number of fused-ring (bicyclic) bond motifs is 1. The summed E-state index contributed by atoms with van der Waals surface area (Å²) in [6.07, 6.45) is 1.72. The van der Waals surface area contributed by atoms with Gasteiger partial charge in [-0.25, -0.2) is 18.1 Å². The Morgan fingerprint density at radius 3 is 2.68 bits per heavy atom. The molecule has 0 spiro atoms. The van der Waals surface area contributed by atoms with Crippen LogP contribution in [0.25, 0.3) is 10.2 Å². The average Bonchev–Trinajstić information content (AvgIpc) is 3.30. The van der Waals surface area contributed by atoms with E-state index >= 15 is 0 Å². The first kappa shape index (κ1) is 16.2. The van der Waals surface area contributed by atoms with E-state index in [4.69, 9.17) is 0 Å². The van der Waals surface area contributed by atoms with Crippen LogP contribution >= 0.6 is 11.3 Å². The molecule has 0 radical (unpaired) electrons. The van der Waals surface area contributed by atoms with Gasteiger partial charge in [-0.15, -0.1) is 0 Å². The van der Waals surface area contributed by atoms with Crippen LogP contribution in [0.2, 0.25) is 0 Å². The molecule has 6 nitrogen and oxygen atoms in total. The van der Waals surface area contributed by atoms with E-state index in [0.717, 1.165) is 23.1 Å². The van der Waals surface area contributed by atoms with E-state index in [1.165, 1.54) is 23.5 Å². The van der Waals surface area contributed by atoms with Gasteiger partial charge >= 0.3 is 0 Å². The minimum atomic E-state index is -3.59. The quantitative estimate of drug-likeness (QED) is 0.720. The van der Waals surface area contributed by atoms with Crippen LogP contribution in [0.1, 0.15) is 23.2 Å². The number of benzene rings is 2. The number of amides is 1. The Labute approximate surface area is 149 Å². The molecule has 8 heteroatoms. The summed E-state index contributed by atoms with van der Waals surface area (Å²) in [5.41, 5.74) is 1.09. The number of carbonyl (C=O) groups excluding carboxylic acids is 1. The highest BCUT2D eigenvalue weighted by Gasteiger charge is 2.28. The molecule has 1 amide bonds. The molecule has 0 atom stereocenters. The van der Waals surface area contributed by atoms with Gasteiger partial charge in [-0.3, -0.25) is 10.1 Å². The third-order valence-electron chi connectivity index (χ3n) is 3.82. The molecular formula is C17H15N3O3S2. The molecular weight excluding hydrogens is 358 g/mol. The molecule has 0 aliphatic heterocycles. The minimum absolute atomic E-state index is 0.0187. The van der Waals surface area contributed by atoms with E-state index in [0.29, 0.717) is 5.13 Å². The van der Waals surface area contributed by atoms with Crippen molar-refractivity contribution in [1.82, 2.24) is 9.71 Å². The van der Waals surface area contributed by atoms with Crippen molar-refractivity contribution in [3.63, 3.8) is 0 Å². The van der Waals surface area contributed by atoms with Crippen molar-refractivity contribution < 1.29 is 13.2 Å². The standard InChI is InChI=1S/C17H15N3O3S2/c21-16(19-17-18-14-6-1-2-7-15(14)24-17)11-4-3-5-13(10-11)25(22,23)20-12-8-9-12/h1-7,10,12,20H,8-9H2,(H,18,19,21). The third-order valence-corrected chi connectivity index (χ3v) is 6.29. The lowest BCUT2D eigenvalue weighted by Gasteiger charge is -2.07. The Kier molecular flexibility index (Phi) is 4.03. The van der Waals surface area contributed by atoms with Gasteiger partial charge in [0.15, 0.2) is 5.13 Å². The second-order valence-electron chi connectivity index (χ2n) is 5.86. The summed E-state index contributed by atoms with van der Waals surface area (Å²) in [6, 6.07) is 13.6. The number of para-hydroxylation sites is 1. The largest absolute Gasteiger partial charge is 0.298 e. The van der Waals surface area contributed by atoms with Crippen LogP contribution in [0.15, 0.2) is 53.4 Å². The molecule has 2 aromatic carbocycles. The van der Waals surface area contributed by atoms with E-state index in [9.17, 15) is 13.2 Å². The molecule has 1 fully saturated rings. The number of carbonyl (C=O) groups is 1. The summed E-state index contributed by atoms with van der Waals surface area (Å²) >= 11 is 1.37. The molecule has 1 aliphatic rings. The van der Waals surface area contributed by atoms with Crippen molar-refractivity contribution in [2.24, 2.45) is 0 Å². The van der Waals surface area contributed by atoms with Gasteiger partial charge in [0.2, 0.25) is 10.0 Å². The SMILES string of the molecule is O=C(Nc1nc2ccccc2s1)c1cccc(S(=O)(=O)NC2CC2)c1. The fourth-order valence-electron chi connectivity index (χ4n) is 2.39. The molecule has 1 aliphatic carbocycles. The number of rotatable bonds is 5. The molecule has 3 aromatic rings. The number of nitrogens with zero attached hydrogens (tertiary/aromatic N) is 1. The van der Waals surface area contributed by atoms with E-state index in [-0.39, 0.29) is 22.4 Å². The lowest BCUT2D eigenvalue weighted by molar-refractivity contribution is 0.102. The Hall–Kier alpha value is -2.29. The summed E-state index contributed by atoms with van der Waals surface area (Å²) in [4.78, 5) is 16.9. The summed E-state index contributed by atoms with van der Waals surface area (Å²) in [5.74, 6) is -0.387. The predicted octanol–water partition coefficient (Wildman–Crippen LogP) is 2.99. The Morgan fingerprint density at radius 2 is 1.92 bits per heavy atom. The lowest BCUT2D eigenvalue weighted by atomic mass is 10.2. The smallest absolute Gasteiger partial charge is 0.257 e. The molecule has 2 N–H and O–H groups in total. The number of sulfonamides is 1. The molecule has 0 unspecified atom stereocenters. The molecule has 128 valence electrons. The Bertz CT molecular complexity index is 1020. The maximum Gasteiger partial charge on any atom is 0.257 e. The predicted molar refractivity (Wildman–Crippen MR) is 97.4 cm³/mol. The van der Waals surface area contributed by atoms with E-state index in [2.05, 4.69) is 15.0 Å². The molecule has 0 bridgehead atoms. The summed E-state index contributed by atoms with van der Waals surface area (Å²) in [5, 5.41) is 3.21. The number of thiazole rings is 1. The normalized spacial score (nSPS) is 14.6. The number of aromatic nitrogens is 1. The van der Waals surface area contributed by atoms with Crippen molar-refractivity contribution in [3.8, 4) is 0 Å². The van der Waals surface area contributed by atoms with Gasteiger partial charge in [0.05, 0.1) is 15.1 Å². The average molecular weight is 373 g/mol.